The van der Waals surface area contributed by atoms with Crippen molar-refractivity contribution in [3.8, 4) is 10.6 Å². The Morgan fingerprint density at radius 1 is 1.19 bits per heavy atom. The van der Waals surface area contributed by atoms with Gasteiger partial charge in [0.05, 0.1) is 12.3 Å². The highest BCUT2D eigenvalue weighted by molar-refractivity contribution is 7.17. The molecule has 0 spiro atoms. The van der Waals surface area contributed by atoms with Gasteiger partial charge < -0.3 is 4.74 Å². The lowest BCUT2D eigenvalue weighted by molar-refractivity contribution is 0.0531. The molecule has 0 unspecified atom stereocenters. The van der Waals surface area contributed by atoms with Crippen LogP contribution in [0.4, 0.5) is 0 Å². The molecule has 0 bridgehead atoms. The molecule has 0 aliphatic rings. The summed E-state index contributed by atoms with van der Waals surface area (Å²) in [6.45, 7) is 4.02. The van der Waals surface area contributed by atoms with E-state index in [0.717, 1.165) is 21.7 Å². The summed E-state index contributed by atoms with van der Waals surface area (Å²) in [5.41, 5.74) is 1.78. The van der Waals surface area contributed by atoms with Crippen molar-refractivity contribution < 1.29 is 9.53 Å². The third kappa shape index (κ3) is 2.54. The highest BCUT2D eigenvalue weighted by Gasteiger charge is 2.18. The average Bonchev–Trinajstić information content (AvgIpc) is 2.89. The van der Waals surface area contributed by atoms with Gasteiger partial charge in [0, 0.05) is 5.56 Å². The molecule has 106 valence electrons. The number of ether oxygens (including phenoxy) is 1. The maximum atomic E-state index is 11.9. The Labute approximate surface area is 127 Å². The van der Waals surface area contributed by atoms with Crippen LogP contribution in [0.2, 0.25) is 0 Å². The minimum atomic E-state index is -0.293. The van der Waals surface area contributed by atoms with Crippen LogP contribution in [0, 0.1) is 6.92 Å². The molecule has 1 aromatic heterocycles. The molecule has 0 amide bonds. The molecule has 0 atom stereocenters. The second-order valence-electron chi connectivity index (χ2n) is 4.68. The van der Waals surface area contributed by atoms with E-state index in [-0.39, 0.29) is 5.97 Å². The van der Waals surface area contributed by atoms with Crippen LogP contribution >= 0.6 is 11.3 Å². The number of aromatic nitrogens is 1. The van der Waals surface area contributed by atoms with Crippen molar-refractivity contribution in [1.29, 1.82) is 0 Å². The molecule has 0 aliphatic heterocycles. The lowest BCUT2D eigenvalue weighted by Gasteiger charge is -2.02. The third-order valence-corrected chi connectivity index (χ3v) is 4.45. The van der Waals surface area contributed by atoms with Crippen LogP contribution in [0.15, 0.2) is 42.5 Å². The Hall–Kier alpha value is -2.20. The molecule has 4 heteroatoms. The molecular formula is C17H15NO2S. The zero-order valence-corrected chi connectivity index (χ0v) is 12.7. The van der Waals surface area contributed by atoms with Gasteiger partial charge in [-0.25, -0.2) is 9.78 Å². The van der Waals surface area contributed by atoms with Gasteiger partial charge in [-0.1, -0.05) is 42.5 Å². The maximum Gasteiger partial charge on any atom is 0.350 e. The summed E-state index contributed by atoms with van der Waals surface area (Å²) in [4.78, 5) is 17.1. The molecule has 2 aromatic carbocycles. The Balaban J connectivity index is 2.12. The fourth-order valence-corrected chi connectivity index (χ4v) is 3.31. The second-order valence-corrected chi connectivity index (χ2v) is 5.68. The predicted molar refractivity (Wildman–Crippen MR) is 85.7 cm³/mol. The minimum Gasteiger partial charge on any atom is -0.462 e. The van der Waals surface area contributed by atoms with Gasteiger partial charge in [-0.15, -0.1) is 11.3 Å². The number of carbonyl (C=O) groups is 1. The number of benzene rings is 2. The largest absolute Gasteiger partial charge is 0.462 e. The van der Waals surface area contributed by atoms with E-state index >= 15 is 0 Å². The predicted octanol–water partition coefficient (Wildman–Crippen LogP) is 4.45. The van der Waals surface area contributed by atoms with Crippen LogP contribution in [-0.2, 0) is 4.74 Å². The van der Waals surface area contributed by atoms with Gasteiger partial charge in [-0.05, 0) is 24.6 Å². The fourth-order valence-electron chi connectivity index (χ4n) is 2.31. The van der Waals surface area contributed by atoms with E-state index in [1.807, 2.05) is 31.2 Å². The minimum absolute atomic E-state index is 0.293. The van der Waals surface area contributed by atoms with Crippen LogP contribution in [-0.4, -0.2) is 17.6 Å². The van der Waals surface area contributed by atoms with Gasteiger partial charge in [-0.2, -0.15) is 0 Å². The first-order chi connectivity index (χ1) is 10.2. The van der Waals surface area contributed by atoms with Crippen molar-refractivity contribution in [3.63, 3.8) is 0 Å². The summed E-state index contributed by atoms with van der Waals surface area (Å²) in [6, 6.07) is 14.3. The van der Waals surface area contributed by atoms with E-state index in [0.29, 0.717) is 11.5 Å². The van der Waals surface area contributed by atoms with Crippen LogP contribution in [0.25, 0.3) is 21.3 Å². The van der Waals surface area contributed by atoms with Crippen LogP contribution in [0.5, 0.6) is 0 Å². The lowest BCUT2D eigenvalue weighted by atomic mass is 10.1. The second kappa shape index (κ2) is 5.66. The standard InChI is InChI=1S/C17H15NO2S/c1-3-20-17(19)15-11(2)18-16(21-15)14-10-6-8-12-7-4-5-9-13(12)14/h4-10H,3H2,1-2H3. The van der Waals surface area contributed by atoms with Crippen LogP contribution in [0.1, 0.15) is 22.3 Å². The first-order valence-electron chi connectivity index (χ1n) is 6.83. The molecule has 0 N–H and O–H groups in total. The number of carbonyl (C=O) groups excluding carboxylic acids is 1. The number of aryl methyl sites for hydroxylation is 1. The molecular weight excluding hydrogens is 282 g/mol. The number of nitrogens with zero attached hydrogens (tertiary/aromatic N) is 1. The molecule has 0 fully saturated rings. The summed E-state index contributed by atoms with van der Waals surface area (Å²) in [7, 11) is 0. The number of thiazole rings is 1. The van der Waals surface area contributed by atoms with Gasteiger partial charge >= 0.3 is 5.97 Å². The molecule has 0 aliphatic carbocycles. The summed E-state index contributed by atoms with van der Waals surface area (Å²) in [5, 5.41) is 3.16. The van der Waals surface area contributed by atoms with E-state index in [1.165, 1.54) is 16.7 Å². The van der Waals surface area contributed by atoms with E-state index in [4.69, 9.17) is 4.74 Å². The average molecular weight is 297 g/mol. The first-order valence-corrected chi connectivity index (χ1v) is 7.65. The van der Waals surface area contributed by atoms with Crippen molar-refractivity contribution in [3.05, 3.63) is 53.0 Å². The monoisotopic (exact) mass is 297 g/mol. The molecule has 3 aromatic rings. The number of hydrogen-bond donors (Lipinski definition) is 0. The molecule has 0 radical (unpaired) electrons. The SMILES string of the molecule is CCOC(=O)c1sc(-c2cccc3ccccc23)nc1C. The molecule has 3 rings (SSSR count). The fraction of sp³-hybridized carbons (Fsp3) is 0.176. The third-order valence-electron chi connectivity index (χ3n) is 3.28. The number of fused-ring (bicyclic) bond motifs is 1. The normalized spacial score (nSPS) is 10.8. The van der Waals surface area contributed by atoms with Crippen molar-refractivity contribution in [2.45, 2.75) is 13.8 Å². The first kappa shape index (κ1) is 13.8. The molecule has 3 nitrogen and oxygen atoms in total. The van der Waals surface area contributed by atoms with Crippen LogP contribution < -0.4 is 0 Å². The maximum absolute atomic E-state index is 11.9. The highest BCUT2D eigenvalue weighted by Crippen LogP contribution is 2.33. The summed E-state index contributed by atoms with van der Waals surface area (Å²) >= 11 is 1.39. The summed E-state index contributed by atoms with van der Waals surface area (Å²) < 4.78 is 5.08. The van der Waals surface area contributed by atoms with E-state index in [1.54, 1.807) is 6.92 Å². The van der Waals surface area contributed by atoms with E-state index in [2.05, 4.69) is 23.2 Å². The number of hydrogen-bond acceptors (Lipinski definition) is 4. The lowest BCUT2D eigenvalue weighted by Crippen LogP contribution is -2.03. The van der Waals surface area contributed by atoms with E-state index in [9.17, 15) is 4.79 Å². The van der Waals surface area contributed by atoms with Gasteiger partial charge in [0.2, 0.25) is 0 Å². The Morgan fingerprint density at radius 3 is 2.76 bits per heavy atom. The van der Waals surface area contributed by atoms with Gasteiger partial charge in [0.1, 0.15) is 9.88 Å². The number of rotatable bonds is 3. The summed E-state index contributed by atoms with van der Waals surface area (Å²) in [6.07, 6.45) is 0. The Morgan fingerprint density at radius 2 is 1.95 bits per heavy atom. The molecule has 21 heavy (non-hydrogen) atoms. The zero-order valence-electron chi connectivity index (χ0n) is 11.9. The smallest absolute Gasteiger partial charge is 0.350 e. The Bertz CT molecular complexity index is 802. The Kier molecular flexibility index (Phi) is 3.71. The highest BCUT2D eigenvalue weighted by atomic mass is 32.1. The van der Waals surface area contributed by atoms with Gasteiger partial charge in [0.25, 0.3) is 0 Å². The van der Waals surface area contributed by atoms with Crippen molar-refractivity contribution in [2.24, 2.45) is 0 Å². The van der Waals surface area contributed by atoms with Gasteiger partial charge in [0.15, 0.2) is 0 Å². The van der Waals surface area contributed by atoms with Crippen LogP contribution in [0.3, 0.4) is 0 Å². The van der Waals surface area contributed by atoms with Crippen molar-refractivity contribution in [1.82, 2.24) is 4.98 Å². The number of esters is 1. The van der Waals surface area contributed by atoms with Crippen molar-refractivity contribution >= 4 is 28.1 Å². The molecule has 0 saturated carbocycles. The zero-order chi connectivity index (χ0) is 14.8. The van der Waals surface area contributed by atoms with Gasteiger partial charge in [-0.3, -0.25) is 0 Å². The quantitative estimate of drug-likeness (QED) is 0.670. The van der Waals surface area contributed by atoms with Crippen molar-refractivity contribution in [2.75, 3.05) is 6.61 Å². The molecule has 1 heterocycles. The van der Waals surface area contributed by atoms with E-state index < -0.39 is 0 Å². The summed E-state index contributed by atoms with van der Waals surface area (Å²) in [5.74, 6) is -0.293. The topological polar surface area (TPSA) is 39.2 Å². The molecule has 0 saturated heterocycles.